The number of unbranched alkanes of at least 4 members (excludes halogenated alkanes) is 1. The molecule has 2 aromatic rings. The Labute approximate surface area is 182 Å². The molecule has 3 rings (SSSR count). The topological polar surface area (TPSA) is 49.9 Å². The molecular weight excluding hydrogens is 452 g/mol. The summed E-state index contributed by atoms with van der Waals surface area (Å²) in [5.74, 6) is 0.506. The number of ether oxygens (including phenoxy) is 1. The number of para-hydroxylation sites is 1. The fourth-order valence-electron chi connectivity index (χ4n) is 4.07. The highest BCUT2D eigenvalue weighted by atomic mass is 79.9. The van der Waals surface area contributed by atoms with Crippen LogP contribution in [-0.2, 0) is 10.0 Å². The van der Waals surface area contributed by atoms with Gasteiger partial charge in [0.1, 0.15) is 10.6 Å². The van der Waals surface area contributed by atoms with Gasteiger partial charge in [0.05, 0.1) is 22.8 Å². The SMILES string of the molecule is CCCCC1(CC)CN(c2ccccc2)c2cc(Br)c(OC)cc2S(=O)(=O)N1C. The molecule has 0 fully saturated rings. The Morgan fingerprint density at radius 2 is 1.86 bits per heavy atom. The fraction of sp³-hybridized carbons (Fsp3) is 0.455. The molecule has 1 aliphatic heterocycles. The van der Waals surface area contributed by atoms with Crippen LogP contribution in [0.25, 0.3) is 0 Å². The number of likely N-dealkylation sites (N-methyl/N-ethyl adjacent to an activating group) is 1. The van der Waals surface area contributed by atoms with Gasteiger partial charge in [0.15, 0.2) is 0 Å². The average molecular weight is 481 g/mol. The molecule has 0 saturated carbocycles. The van der Waals surface area contributed by atoms with Crippen molar-refractivity contribution in [3.8, 4) is 5.75 Å². The van der Waals surface area contributed by atoms with Crippen LogP contribution in [-0.4, -0.2) is 39.0 Å². The van der Waals surface area contributed by atoms with E-state index in [1.807, 2.05) is 36.4 Å². The third kappa shape index (κ3) is 3.92. The summed E-state index contributed by atoms with van der Waals surface area (Å²) < 4.78 is 35.2. The van der Waals surface area contributed by atoms with Crippen molar-refractivity contribution in [2.45, 2.75) is 50.0 Å². The summed E-state index contributed by atoms with van der Waals surface area (Å²) in [6, 6.07) is 13.5. The van der Waals surface area contributed by atoms with Gasteiger partial charge in [-0.05, 0) is 47.0 Å². The minimum atomic E-state index is -3.71. The van der Waals surface area contributed by atoms with Gasteiger partial charge in [-0.3, -0.25) is 0 Å². The van der Waals surface area contributed by atoms with Crippen LogP contribution in [0.3, 0.4) is 0 Å². The van der Waals surface area contributed by atoms with E-state index in [0.29, 0.717) is 18.0 Å². The number of sulfonamides is 1. The second-order valence-corrected chi connectivity index (χ2v) is 10.3. The number of halogens is 1. The maximum absolute atomic E-state index is 13.7. The lowest BCUT2D eigenvalue weighted by molar-refractivity contribution is 0.198. The van der Waals surface area contributed by atoms with Crippen molar-refractivity contribution in [3.63, 3.8) is 0 Å². The Hall–Kier alpha value is -1.57. The van der Waals surface area contributed by atoms with Gasteiger partial charge in [-0.25, -0.2) is 8.42 Å². The van der Waals surface area contributed by atoms with Crippen molar-refractivity contribution < 1.29 is 13.2 Å². The molecule has 0 N–H and O–H groups in total. The minimum absolute atomic E-state index is 0.274. The Morgan fingerprint density at radius 1 is 1.17 bits per heavy atom. The second-order valence-electron chi connectivity index (χ2n) is 7.53. The maximum atomic E-state index is 13.7. The Kier molecular flexibility index (Phi) is 6.61. The molecule has 0 radical (unpaired) electrons. The largest absolute Gasteiger partial charge is 0.496 e. The second kappa shape index (κ2) is 8.66. The van der Waals surface area contributed by atoms with Crippen molar-refractivity contribution in [2.75, 3.05) is 25.6 Å². The molecule has 0 aliphatic carbocycles. The summed E-state index contributed by atoms with van der Waals surface area (Å²) in [5.41, 5.74) is 1.15. The highest BCUT2D eigenvalue weighted by Gasteiger charge is 2.46. The zero-order chi connectivity index (χ0) is 21.2. The molecule has 158 valence electrons. The molecule has 1 heterocycles. The lowest BCUT2D eigenvalue weighted by Crippen LogP contribution is -2.53. The quantitative estimate of drug-likeness (QED) is 0.542. The fourth-order valence-corrected chi connectivity index (χ4v) is 6.34. The molecule has 5 nitrogen and oxygen atoms in total. The van der Waals surface area contributed by atoms with Crippen LogP contribution in [0, 0.1) is 0 Å². The molecule has 1 unspecified atom stereocenters. The van der Waals surface area contributed by atoms with Crippen LogP contribution in [0.4, 0.5) is 11.4 Å². The van der Waals surface area contributed by atoms with Gasteiger partial charge in [-0.2, -0.15) is 4.31 Å². The lowest BCUT2D eigenvalue weighted by atomic mass is 9.88. The van der Waals surface area contributed by atoms with Gasteiger partial charge in [0.25, 0.3) is 0 Å². The van der Waals surface area contributed by atoms with Crippen molar-refractivity contribution in [1.29, 1.82) is 0 Å². The highest BCUT2D eigenvalue weighted by molar-refractivity contribution is 9.10. The molecule has 2 aromatic carbocycles. The normalized spacial score (nSPS) is 21.5. The van der Waals surface area contributed by atoms with Crippen LogP contribution in [0.5, 0.6) is 5.75 Å². The first-order valence-corrected chi connectivity index (χ1v) is 12.2. The number of rotatable bonds is 6. The summed E-state index contributed by atoms with van der Waals surface area (Å²) in [5, 5.41) is 0. The number of nitrogens with zero attached hydrogens (tertiary/aromatic N) is 2. The van der Waals surface area contributed by atoms with Gasteiger partial charge in [-0.15, -0.1) is 0 Å². The Bertz CT molecular complexity index is 966. The number of fused-ring (bicyclic) bond motifs is 1. The van der Waals surface area contributed by atoms with Crippen molar-refractivity contribution in [1.82, 2.24) is 4.31 Å². The average Bonchev–Trinajstić information content (AvgIpc) is 2.80. The predicted molar refractivity (Wildman–Crippen MR) is 122 cm³/mol. The number of hydrogen-bond acceptors (Lipinski definition) is 4. The molecular formula is C22H29BrN2O3S. The highest BCUT2D eigenvalue weighted by Crippen LogP contribution is 2.45. The van der Waals surface area contributed by atoms with Crippen LogP contribution in [0.15, 0.2) is 51.8 Å². The van der Waals surface area contributed by atoms with Gasteiger partial charge < -0.3 is 9.64 Å². The van der Waals surface area contributed by atoms with Gasteiger partial charge in [-0.1, -0.05) is 44.9 Å². The van der Waals surface area contributed by atoms with E-state index in [0.717, 1.165) is 35.8 Å². The van der Waals surface area contributed by atoms with E-state index in [2.05, 4.69) is 34.7 Å². The molecule has 7 heteroatoms. The standard InChI is InChI=1S/C22H29BrN2O3S/c1-5-7-13-22(6-2)16-25(17-11-9-8-10-12-17)19-14-18(23)20(28-4)15-21(19)29(26,27)24(22)3/h8-12,14-15H,5-7,13,16H2,1-4H3. The van der Waals surface area contributed by atoms with E-state index in [9.17, 15) is 8.42 Å². The minimum Gasteiger partial charge on any atom is -0.496 e. The predicted octanol–water partition coefficient (Wildman–Crippen LogP) is 5.57. The van der Waals surface area contributed by atoms with Crippen LogP contribution in [0.1, 0.15) is 39.5 Å². The Balaban J connectivity index is 2.31. The molecule has 0 aromatic heterocycles. The summed E-state index contributed by atoms with van der Waals surface area (Å²) in [6.07, 6.45) is 3.54. The van der Waals surface area contributed by atoms with E-state index in [-0.39, 0.29) is 4.90 Å². The molecule has 0 spiro atoms. The zero-order valence-electron chi connectivity index (χ0n) is 17.5. The number of hydrogen-bond donors (Lipinski definition) is 0. The van der Waals surface area contributed by atoms with Crippen LogP contribution >= 0.6 is 15.9 Å². The third-order valence-electron chi connectivity index (χ3n) is 6.00. The van der Waals surface area contributed by atoms with Gasteiger partial charge in [0.2, 0.25) is 10.0 Å². The lowest BCUT2D eigenvalue weighted by Gasteiger charge is -2.41. The zero-order valence-corrected chi connectivity index (χ0v) is 19.9. The first kappa shape index (κ1) is 22.1. The first-order valence-electron chi connectivity index (χ1n) is 10.00. The van der Waals surface area contributed by atoms with E-state index in [4.69, 9.17) is 4.74 Å². The number of methoxy groups -OCH3 is 1. The Morgan fingerprint density at radius 3 is 2.45 bits per heavy atom. The maximum Gasteiger partial charge on any atom is 0.245 e. The van der Waals surface area contributed by atoms with Crippen LogP contribution < -0.4 is 9.64 Å². The summed E-state index contributed by atoms with van der Waals surface area (Å²) >= 11 is 3.54. The van der Waals surface area contributed by atoms with E-state index in [1.54, 1.807) is 24.5 Å². The van der Waals surface area contributed by atoms with Crippen molar-refractivity contribution in [2.24, 2.45) is 0 Å². The van der Waals surface area contributed by atoms with Gasteiger partial charge in [0, 0.05) is 25.3 Å². The molecule has 0 saturated heterocycles. The smallest absolute Gasteiger partial charge is 0.245 e. The first-order chi connectivity index (χ1) is 13.8. The van der Waals surface area contributed by atoms with Gasteiger partial charge >= 0.3 is 0 Å². The molecule has 0 amide bonds. The van der Waals surface area contributed by atoms with E-state index in [1.165, 1.54) is 0 Å². The van der Waals surface area contributed by atoms with Crippen molar-refractivity contribution in [3.05, 3.63) is 46.9 Å². The van der Waals surface area contributed by atoms with Crippen molar-refractivity contribution >= 4 is 37.3 Å². The van der Waals surface area contributed by atoms with E-state index >= 15 is 0 Å². The molecule has 29 heavy (non-hydrogen) atoms. The van der Waals surface area contributed by atoms with E-state index < -0.39 is 15.6 Å². The molecule has 0 bridgehead atoms. The summed E-state index contributed by atoms with van der Waals surface area (Å²) in [7, 11) is -0.436. The third-order valence-corrected chi connectivity index (χ3v) is 8.62. The summed E-state index contributed by atoms with van der Waals surface area (Å²) in [4.78, 5) is 2.41. The number of benzene rings is 2. The molecule has 1 aliphatic rings. The van der Waals surface area contributed by atoms with Crippen LogP contribution in [0.2, 0.25) is 0 Å². The number of anilines is 2. The monoisotopic (exact) mass is 480 g/mol. The summed E-state index contributed by atoms with van der Waals surface area (Å²) in [6.45, 7) is 4.81. The molecule has 1 atom stereocenters.